The predicted octanol–water partition coefficient (Wildman–Crippen LogP) is 2.93. The molecule has 7 heterocycles. The number of phenolic OH excluding ortho intramolecular Hbond substituents is 1. The molecular weight excluding hydrogens is 705 g/mol. The first kappa shape index (κ1) is 35.5. The van der Waals surface area contributed by atoms with Crippen molar-refractivity contribution in [2.75, 3.05) is 80.6 Å². The summed E-state index contributed by atoms with van der Waals surface area (Å²) in [5.41, 5.74) is 2.78. The van der Waals surface area contributed by atoms with E-state index >= 15 is 4.39 Å². The molecular formula is C40H46FN9O5. The highest BCUT2D eigenvalue weighted by Crippen LogP contribution is 2.37. The molecule has 6 aliphatic heterocycles. The van der Waals surface area contributed by atoms with E-state index in [2.05, 4.69) is 35.5 Å². The smallest absolute Gasteiger partial charge is 0.262 e. The van der Waals surface area contributed by atoms with E-state index in [-0.39, 0.29) is 29.7 Å². The molecule has 3 aromatic rings. The molecule has 4 saturated heterocycles. The molecule has 55 heavy (non-hydrogen) atoms. The van der Waals surface area contributed by atoms with E-state index in [4.69, 9.17) is 0 Å². The number of carbonyl (C=O) groups excluding carboxylic acids is 4. The average molecular weight is 752 g/mol. The van der Waals surface area contributed by atoms with Crippen LogP contribution in [0.3, 0.4) is 0 Å². The molecule has 0 spiro atoms. The highest BCUT2D eigenvalue weighted by atomic mass is 19.1. The van der Waals surface area contributed by atoms with Gasteiger partial charge in [0.1, 0.15) is 17.6 Å². The third kappa shape index (κ3) is 6.77. The number of likely N-dealkylation sites (tertiary alicyclic amines) is 1. The molecule has 1 aromatic heterocycles. The van der Waals surface area contributed by atoms with Crippen LogP contribution in [0.2, 0.25) is 0 Å². The first-order valence-corrected chi connectivity index (χ1v) is 19.6. The summed E-state index contributed by atoms with van der Waals surface area (Å²) >= 11 is 0. The largest absolute Gasteiger partial charge is 0.507 e. The fraction of sp³-hybridized carbons (Fsp3) is 0.500. The van der Waals surface area contributed by atoms with Gasteiger partial charge in [-0.3, -0.25) is 34.3 Å². The van der Waals surface area contributed by atoms with Crippen molar-refractivity contribution < 1.29 is 28.7 Å². The lowest BCUT2D eigenvalue weighted by atomic mass is 9.92. The number of piperazine rings is 1. The van der Waals surface area contributed by atoms with Crippen LogP contribution in [-0.2, 0) is 9.59 Å². The second kappa shape index (κ2) is 14.5. The summed E-state index contributed by atoms with van der Waals surface area (Å²) in [6.07, 6.45) is 4.26. The number of fused-ring (bicyclic) bond motifs is 4. The maximum Gasteiger partial charge on any atom is 0.262 e. The van der Waals surface area contributed by atoms with Crippen LogP contribution in [0.5, 0.6) is 5.75 Å². The number of phenols is 1. The fourth-order valence-electron chi connectivity index (χ4n) is 9.50. The van der Waals surface area contributed by atoms with Crippen molar-refractivity contribution in [3.63, 3.8) is 0 Å². The molecule has 9 rings (SSSR count). The van der Waals surface area contributed by atoms with Crippen LogP contribution >= 0.6 is 0 Å². The van der Waals surface area contributed by atoms with Gasteiger partial charge in [0.25, 0.3) is 11.8 Å². The molecule has 2 atom stereocenters. The van der Waals surface area contributed by atoms with Crippen LogP contribution < -0.4 is 20.4 Å². The molecule has 4 fully saturated rings. The number of rotatable bonds is 7. The summed E-state index contributed by atoms with van der Waals surface area (Å²) in [6.45, 7) is 9.34. The minimum Gasteiger partial charge on any atom is -0.507 e. The number of anilines is 3. The Morgan fingerprint density at radius 3 is 2.22 bits per heavy atom. The molecule has 0 saturated carbocycles. The topological polar surface area (TPSA) is 155 Å². The first-order chi connectivity index (χ1) is 26.7. The molecule has 15 heteroatoms. The summed E-state index contributed by atoms with van der Waals surface area (Å²) in [5, 5.41) is 24.9. The maximum atomic E-state index is 15.5. The van der Waals surface area contributed by atoms with Crippen LogP contribution in [0, 0.1) is 17.7 Å². The number of carbonyl (C=O) groups is 4. The van der Waals surface area contributed by atoms with Crippen molar-refractivity contribution in [3.05, 3.63) is 59.4 Å². The zero-order valence-corrected chi connectivity index (χ0v) is 30.8. The predicted molar refractivity (Wildman–Crippen MR) is 202 cm³/mol. The SMILES string of the molecule is O=C1CCC(N2C(=O)c3cc(F)c(N4CCC(CN5CCC(CN6CCN7c8cc(-c9ccccc9O)nnc8NC[C@H]7C6)CC5)CC4)cc3C2=O)C(=O)N1. The number of imide groups is 2. The van der Waals surface area contributed by atoms with Gasteiger partial charge in [-0.05, 0) is 87.4 Å². The molecule has 4 amide bonds. The summed E-state index contributed by atoms with van der Waals surface area (Å²) in [6, 6.07) is 11.1. The number of aromatic nitrogens is 2. The zero-order chi connectivity index (χ0) is 37.8. The number of nitrogens with zero attached hydrogens (tertiary/aromatic N) is 7. The van der Waals surface area contributed by atoms with E-state index in [1.165, 1.54) is 18.9 Å². The monoisotopic (exact) mass is 751 g/mol. The Kier molecular flexibility index (Phi) is 9.37. The Hall–Kier alpha value is -5.15. The number of aromatic hydroxyl groups is 1. The van der Waals surface area contributed by atoms with Gasteiger partial charge in [0.2, 0.25) is 11.8 Å². The standard InChI is InChI=1S/C40H46FN9O5/c41-30-17-28-29(40(55)50(39(28)54)32-5-6-36(52)43-38(32)53)18-33(30)48-13-9-25(10-14-48)21-46-11-7-24(8-12-46)22-47-15-16-49-26(23-47)20-42-37-34(49)19-31(44-45-37)27-3-1-2-4-35(27)51/h1-4,17-19,24-26,32,51H,5-16,20-23H2,(H,42,45)(H,43,52,53)/t26-,32?/m0/s1. The van der Waals surface area contributed by atoms with E-state index in [1.54, 1.807) is 12.1 Å². The molecule has 3 N–H and O–H groups in total. The fourth-order valence-corrected chi connectivity index (χ4v) is 9.50. The normalized spacial score (nSPS) is 24.1. The average Bonchev–Trinajstić information content (AvgIpc) is 3.42. The van der Waals surface area contributed by atoms with Crippen molar-refractivity contribution >= 4 is 40.8 Å². The van der Waals surface area contributed by atoms with Crippen LogP contribution in [0.1, 0.15) is 59.2 Å². The highest BCUT2D eigenvalue weighted by molar-refractivity contribution is 6.23. The molecule has 0 bridgehead atoms. The summed E-state index contributed by atoms with van der Waals surface area (Å²) in [5.74, 6) is -0.831. The van der Waals surface area contributed by atoms with Gasteiger partial charge in [-0.2, -0.15) is 0 Å². The number of hydrogen-bond donors (Lipinski definition) is 3. The number of para-hydroxylation sites is 1. The minimum absolute atomic E-state index is 0.0329. The number of hydrogen-bond acceptors (Lipinski definition) is 12. The number of piperidine rings is 3. The van der Waals surface area contributed by atoms with E-state index in [1.807, 2.05) is 23.1 Å². The van der Waals surface area contributed by atoms with Crippen molar-refractivity contribution in [2.45, 2.75) is 50.6 Å². The lowest BCUT2D eigenvalue weighted by molar-refractivity contribution is -0.136. The van der Waals surface area contributed by atoms with Gasteiger partial charge in [-0.25, -0.2) is 4.39 Å². The zero-order valence-electron chi connectivity index (χ0n) is 30.8. The van der Waals surface area contributed by atoms with E-state index in [0.717, 1.165) is 87.7 Å². The molecule has 2 aromatic carbocycles. The van der Waals surface area contributed by atoms with Gasteiger partial charge < -0.3 is 25.1 Å². The summed E-state index contributed by atoms with van der Waals surface area (Å²) < 4.78 is 15.5. The highest BCUT2D eigenvalue weighted by Gasteiger charge is 2.45. The van der Waals surface area contributed by atoms with E-state index in [9.17, 15) is 24.3 Å². The third-order valence-electron chi connectivity index (χ3n) is 12.5. The lowest BCUT2D eigenvalue weighted by Crippen LogP contribution is -2.58. The lowest BCUT2D eigenvalue weighted by Gasteiger charge is -2.47. The van der Waals surface area contributed by atoms with Gasteiger partial charge in [0, 0.05) is 64.3 Å². The Labute approximate surface area is 318 Å². The Bertz CT molecular complexity index is 2030. The van der Waals surface area contributed by atoms with Crippen molar-refractivity contribution in [1.82, 2.24) is 30.2 Å². The summed E-state index contributed by atoms with van der Waals surface area (Å²) in [4.78, 5) is 61.0. The minimum atomic E-state index is -1.08. The molecule has 0 radical (unpaired) electrons. The number of nitrogens with one attached hydrogen (secondary N) is 2. The van der Waals surface area contributed by atoms with Gasteiger partial charge in [0.05, 0.1) is 34.2 Å². The molecule has 0 aliphatic carbocycles. The number of halogens is 1. The van der Waals surface area contributed by atoms with Crippen LogP contribution in [-0.4, -0.2) is 131 Å². The van der Waals surface area contributed by atoms with Crippen molar-refractivity contribution in [2.24, 2.45) is 11.8 Å². The van der Waals surface area contributed by atoms with Crippen molar-refractivity contribution in [3.8, 4) is 17.0 Å². The van der Waals surface area contributed by atoms with Crippen LogP contribution in [0.15, 0.2) is 42.5 Å². The molecule has 6 aliphatic rings. The van der Waals surface area contributed by atoms with Gasteiger partial charge in [-0.15, -0.1) is 10.2 Å². The Morgan fingerprint density at radius 1 is 0.764 bits per heavy atom. The third-order valence-corrected chi connectivity index (χ3v) is 12.5. The number of amides is 4. The van der Waals surface area contributed by atoms with Gasteiger partial charge in [-0.1, -0.05) is 12.1 Å². The summed E-state index contributed by atoms with van der Waals surface area (Å²) in [7, 11) is 0. The molecule has 288 valence electrons. The van der Waals surface area contributed by atoms with Crippen molar-refractivity contribution in [1.29, 1.82) is 0 Å². The second-order valence-corrected chi connectivity index (χ2v) is 15.9. The van der Waals surface area contributed by atoms with Gasteiger partial charge >= 0.3 is 0 Å². The second-order valence-electron chi connectivity index (χ2n) is 15.9. The Morgan fingerprint density at radius 2 is 1.47 bits per heavy atom. The molecule has 1 unspecified atom stereocenters. The van der Waals surface area contributed by atoms with E-state index in [0.29, 0.717) is 47.9 Å². The molecule has 14 nitrogen and oxygen atoms in total. The van der Waals surface area contributed by atoms with Crippen LogP contribution in [0.25, 0.3) is 11.3 Å². The first-order valence-electron chi connectivity index (χ1n) is 19.6. The Balaban J connectivity index is 0.741. The maximum absolute atomic E-state index is 15.5. The van der Waals surface area contributed by atoms with Crippen LogP contribution in [0.4, 0.5) is 21.6 Å². The van der Waals surface area contributed by atoms with Gasteiger partial charge in [0.15, 0.2) is 5.82 Å². The quantitative estimate of drug-likeness (QED) is 0.304. The van der Waals surface area contributed by atoms with E-state index < -0.39 is 35.5 Å². The number of benzene rings is 2.